The number of carboxylic acid groups (broad SMARTS) is 1. The summed E-state index contributed by atoms with van der Waals surface area (Å²) in [6, 6.07) is 83.1. The molecule has 3 heterocycles. The molecule has 0 radical (unpaired) electrons. The van der Waals surface area contributed by atoms with E-state index < -0.39 is 110 Å². The number of carbonyl (C=O) groups is 3. The fourth-order valence-corrected chi connectivity index (χ4v) is 12.2. The van der Waals surface area contributed by atoms with Crippen LogP contribution in [0.15, 0.2) is 273 Å². The molecule has 3 aliphatic rings. The minimum atomic E-state index is -2.18. The minimum Gasteiger partial charge on any atom is -0.479 e. The average Bonchev–Trinajstić information content (AvgIpc) is 0.761. The summed E-state index contributed by atoms with van der Waals surface area (Å²) in [7, 11) is 0. The largest absolute Gasteiger partial charge is 0.479 e. The zero-order valence-electron chi connectivity index (χ0n) is 54.8. The number of ether oxygens (including phenoxy) is 14. The Morgan fingerprint density at radius 3 is 0.930 bits per heavy atom. The second kappa shape index (κ2) is 36.3. The van der Waals surface area contributed by atoms with Gasteiger partial charge in [-0.25, -0.2) is 14.4 Å². The number of aliphatic hydroxyl groups excluding tert-OH is 1. The molecule has 19 nitrogen and oxygen atoms in total. The summed E-state index contributed by atoms with van der Waals surface area (Å²) in [5, 5.41) is 23.1. The number of carbonyl (C=O) groups excluding carboxylic acids is 2. The van der Waals surface area contributed by atoms with Crippen LogP contribution < -0.4 is 0 Å². The predicted octanol–water partition coefficient (Wildman–Crippen LogP) is 11.8. The Bertz CT molecular complexity index is 3870. The molecule has 19 heteroatoms. The summed E-state index contributed by atoms with van der Waals surface area (Å²) in [4.78, 5) is 42.4. The van der Waals surface area contributed by atoms with E-state index in [1.165, 1.54) is 24.3 Å². The normalized spacial score (nSPS) is 25.1. The molecule has 0 aromatic heterocycles. The maximum Gasteiger partial charge on any atom is 0.338 e. The molecule has 0 aliphatic carbocycles. The third-order valence-electron chi connectivity index (χ3n) is 17.2. The van der Waals surface area contributed by atoms with Crippen molar-refractivity contribution in [3.8, 4) is 0 Å². The van der Waals surface area contributed by atoms with Crippen LogP contribution in [0.4, 0.5) is 0 Å². The lowest BCUT2D eigenvalue weighted by atomic mass is 9.94. The number of carboxylic acids is 1. The van der Waals surface area contributed by atoms with Gasteiger partial charge in [0, 0.05) is 0 Å². The fraction of sp³-hybridized carbons (Fsp3) is 0.296. The molecular formula is C81H80O19. The first kappa shape index (κ1) is 70.7. The summed E-state index contributed by atoms with van der Waals surface area (Å²) in [5.74, 6) is -3.56. The van der Waals surface area contributed by atoms with Crippen molar-refractivity contribution in [3.63, 3.8) is 0 Å². The topological polar surface area (TPSA) is 221 Å². The first-order valence-electron chi connectivity index (χ1n) is 33.4. The van der Waals surface area contributed by atoms with Crippen molar-refractivity contribution in [2.24, 2.45) is 0 Å². The van der Waals surface area contributed by atoms with Crippen LogP contribution in [0.1, 0.15) is 59.7 Å². The highest BCUT2D eigenvalue weighted by Gasteiger charge is 2.59. The third-order valence-corrected chi connectivity index (χ3v) is 17.2. The molecule has 3 aliphatic heterocycles. The van der Waals surface area contributed by atoms with Crippen molar-refractivity contribution in [1.82, 2.24) is 0 Å². The number of rotatable bonds is 32. The van der Waals surface area contributed by atoms with Crippen LogP contribution in [0.5, 0.6) is 0 Å². The standard InChI is InChI=1S/C81H80O19/c82-76(83)72-70(71(96-77(84)62-42-24-8-25-43-62)73(79(86)97-72)98-78(85)63-44-26-9-27-45-63)100-81-75(93-52-61-40-22-7-23-41-61)69(91-50-59-36-18-5-19-37-59)67(65(95-81)54-88-47-56-30-12-2-13-31-56)99-80-74(92-51-60-38-20-6-21-39-60)68(90-49-58-34-16-4-17-35-58)66(89-48-57-32-14-3-15-33-57)64(94-80)53-87-46-55-28-10-1-11-29-55/h1-45,64-75,79-81,86H,46-54H2,(H,82,83)/t64-,65-,66+,67-,68+,69+,70+,71+,72+,73-,74-,75-,79-,80+,81-/m1/s1. The van der Waals surface area contributed by atoms with Crippen LogP contribution in [-0.2, 0) is 117 Å². The second-order valence-electron chi connectivity index (χ2n) is 24.4. The SMILES string of the molecule is O=C(O[C@@H]1[C@@H](OC(=O)c2ccccc2)[C@H](O)O[C@H](C(=O)O)[C@H]1O[C@H]1O[C@H](COCc2ccccc2)[C@@H](O[C@@H]2O[C@H](COCc3ccccc3)[C@H](OCc3ccccc3)[C@H](OCc3ccccc3)[C@H]2OCc2ccccc2)[C@H](OCc2ccccc2)[C@H]1OCc1ccccc1)c1ccccc1. The highest BCUT2D eigenvalue weighted by Crippen LogP contribution is 2.40. The van der Waals surface area contributed by atoms with Gasteiger partial charge in [-0.2, -0.15) is 0 Å². The molecule has 100 heavy (non-hydrogen) atoms. The maximum atomic E-state index is 14.5. The van der Waals surface area contributed by atoms with Crippen molar-refractivity contribution in [2.75, 3.05) is 13.2 Å². The first-order chi connectivity index (χ1) is 49.2. The quantitative estimate of drug-likeness (QED) is 0.0374. The summed E-state index contributed by atoms with van der Waals surface area (Å²) in [5.41, 5.74) is 5.96. The average molecular weight is 1360 g/mol. The lowest BCUT2D eigenvalue weighted by Crippen LogP contribution is -2.68. The van der Waals surface area contributed by atoms with Crippen LogP contribution in [0.2, 0.25) is 0 Å². The van der Waals surface area contributed by atoms with E-state index >= 15 is 0 Å². The Morgan fingerprint density at radius 1 is 0.300 bits per heavy atom. The van der Waals surface area contributed by atoms with E-state index in [0.717, 1.165) is 33.4 Å². The molecule has 9 aromatic rings. The molecule has 0 saturated carbocycles. The van der Waals surface area contributed by atoms with Crippen molar-refractivity contribution in [1.29, 1.82) is 0 Å². The third kappa shape index (κ3) is 19.4. The molecular weight excluding hydrogens is 1280 g/mol. The van der Waals surface area contributed by atoms with E-state index in [-0.39, 0.29) is 70.6 Å². The van der Waals surface area contributed by atoms with Gasteiger partial charge in [0.15, 0.2) is 37.2 Å². The van der Waals surface area contributed by atoms with Gasteiger partial charge in [-0.1, -0.05) is 249 Å². The molecule has 2 N–H and O–H groups in total. The van der Waals surface area contributed by atoms with Gasteiger partial charge in [-0.15, -0.1) is 0 Å². The lowest BCUT2D eigenvalue weighted by molar-refractivity contribution is -0.389. The molecule has 0 spiro atoms. The molecule has 0 amide bonds. The van der Waals surface area contributed by atoms with Crippen molar-refractivity contribution in [3.05, 3.63) is 323 Å². The van der Waals surface area contributed by atoms with Crippen LogP contribution in [0.25, 0.3) is 0 Å². The van der Waals surface area contributed by atoms with Gasteiger partial charge < -0.3 is 76.5 Å². The van der Waals surface area contributed by atoms with Crippen molar-refractivity contribution in [2.45, 2.75) is 138 Å². The predicted molar refractivity (Wildman–Crippen MR) is 364 cm³/mol. The lowest BCUT2D eigenvalue weighted by Gasteiger charge is -2.51. The fourth-order valence-electron chi connectivity index (χ4n) is 12.2. The highest BCUT2D eigenvalue weighted by molar-refractivity contribution is 5.90. The van der Waals surface area contributed by atoms with E-state index in [9.17, 15) is 24.6 Å². The van der Waals surface area contributed by atoms with E-state index in [1.807, 2.05) is 212 Å². The number of aliphatic carboxylic acids is 1. The van der Waals surface area contributed by atoms with Crippen LogP contribution in [0.3, 0.4) is 0 Å². The van der Waals surface area contributed by atoms with Gasteiger partial charge in [0.1, 0.15) is 54.9 Å². The maximum absolute atomic E-state index is 14.5. The monoisotopic (exact) mass is 1360 g/mol. The minimum absolute atomic E-state index is 0.0111. The Labute approximate surface area is 580 Å². The Balaban J connectivity index is 0.986. The number of hydrogen-bond acceptors (Lipinski definition) is 18. The highest BCUT2D eigenvalue weighted by atomic mass is 16.8. The van der Waals surface area contributed by atoms with Crippen LogP contribution >= 0.6 is 0 Å². The van der Waals surface area contributed by atoms with E-state index in [2.05, 4.69) is 0 Å². The van der Waals surface area contributed by atoms with Gasteiger partial charge in [0.05, 0.1) is 70.6 Å². The summed E-state index contributed by atoms with van der Waals surface area (Å²) in [6.45, 7) is 0.254. The van der Waals surface area contributed by atoms with Gasteiger partial charge in [0.25, 0.3) is 0 Å². The molecule has 0 bridgehead atoms. The zero-order valence-corrected chi connectivity index (χ0v) is 54.8. The number of aliphatic hydroxyl groups is 1. The molecule has 3 fully saturated rings. The zero-order chi connectivity index (χ0) is 68.7. The summed E-state index contributed by atoms with van der Waals surface area (Å²) in [6.07, 6.45) is -22.3. The molecule has 518 valence electrons. The van der Waals surface area contributed by atoms with Gasteiger partial charge in [-0.05, 0) is 63.2 Å². The van der Waals surface area contributed by atoms with Gasteiger partial charge >= 0.3 is 17.9 Å². The summed E-state index contributed by atoms with van der Waals surface area (Å²) >= 11 is 0. The molecule has 9 aromatic carbocycles. The Morgan fingerprint density at radius 2 is 0.580 bits per heavy atom. The second-order valence-corrected chi connectivity index (χ2v) is 24.4. The summed E-state index contributed by atoms with van der Waals surface area (Å²) < 4.78 is 96.6. The van der Waals surface area contributed by atoms with Gasteiger partial charge in [0.2, 0.25) is 0 Å². The smallest absolute Gasteiger partial charge is 0.338 e. The van der Waals surface area contributed by atoms with E-state index in [1.54, 1.807) is 36.4 Å². The van der Waals surface area contributed by atoms with E-state index in [4.69, 9.17) is 66.3 Å². The Hall–Kier alpha value is -9.13. The molecule has 0 unspecified atom stereocenters. The van der Waals surface area contributed by atoms with Crippen molar-refractivity contribution >= 4 is 17.9 Å². The van der Waals surface area contributed by atoms with Gasteiger partial charge in [-0.3, -0.25) is 0 Å². The van der Waals surface area contributed by atoms with E-state index in [0.29, 0.717) is 5.56 Å². The molecule has 3 saturated heterocycles. The molecule has 12 rings (SSSR count). The number of esters is 2. The molecule has 15 atom stereocenters. The Kier molecular flexibility index (Phi) is 25.7. The number of hydrogen-bond donors (Lipinski definition) is 2. The number of benzene rings is 9. The van der Waals surface area contributed by atoms with Crippen LogP contribution in [0, 0.1) is 0 Å². The van der Waals surface area contributed by atoms with Crippen molar-refractivity contribution < 1.29 is 90.9 Å². The van der Waals surface area contributed by atoms with Crippen LogP contribution in [-0.4, -0.2) is 133 Å². The first-order valence-corrected chi connectivity index (χ1v) is 33.4.